The second kappa shape index (κ2) is 6.93. The van der Waals surface area contributed by atoms with E-state index in [-0.39, 0.29) is 19.1 Å². The Morgan fingerprint density at radius 1 is 1.22 bits per heavy atom. The number of aliphatic hydroxyl groups is 2. The number of hydrogen-bond acceptors (Lipinski definition) is 5. The summed E-state index contributed by atoms with van der Waals surface area (Å²) in [6, 6.07) is 3.40. The second-order valence-corrected chi connectivity index (χ2v) is 4.04. The lowest BCUT2D eigenvalue weighted by Crippen LogP contribution is -2.30. The SMILES string of the molecule is CN(C)C(=O)c1ccc(N(CCO)CCO)nc1. The highest BCUT2D eigenvalue weighted by Gasteiger charge is 2.10. The van der Waals surface area contributed by atoms with Crippen molar-refractivity contribution in [1.29, 1.82) is 0 Å². The monoisotopic (exact) mass is 253 g/mol. The van der Waals surface area contributed by atoms with Gasteiger partial charge in [-0.2, -0.15) is 0 Å². The normalized spacial score (nSPS) is 10.2. The van der Waals surface area contributed by atoms with Crippen LogP contribution in [0.25, 0.3) is 0 Å². The summed E-state index contributed by atoms with van der Waals surface area (Å²) in [4.78, 5) is 19.1. The number of hydrogen-bond donors (Lipinski definition) is 2. The molecule has 1 aromatic rings. The van der Waals surface area contributed by atoms with Gasteiger partial charge in [0.1, 0.15) is 5.82 Å². The van der Waals surface area contributed by atoms with Crippen molar-refractivity contribution in [2.45, 2.75) is 0 Å². The largest absolute Gasteiger partial charge is 0.395 e. The van der Waals surface area contributed by atoms with Crippen LogP contribution in [0.1, 0.15) is 10.4 Å². The van der Waals surface area contributed by atoms with Crippen LogP contribution in [0.3, 0.4) is 0 Å². The highest BCUT2D eigenvalue weighted by Crippen LogP contribution is 2.11. The molecule has 0 aromatic carbocycles. The summed E-state index contributed by atoms with van der Waals surface area (Å²) < 4.78 is 0. The minimum absolute atomic E-state index is 0.0138. The van der Waals surface area contributed by atoms with E-state index in [0.717, 1.165) is 0 Å². The van der Waals surface area contributed by atoms with Crippen LogP contribution in [-0.2, 0) is 0 Å². The molecule has 6 heteroatoms. The molecule has 0 saturated carbocycles. The summed E-state index contributed by atoms with van der Waals surface area (Å²) >= 11 is 0. The molecular weight excluding hydrogens is 234 g/mol. The zero-order chi connectivity index (χ0) is 13.5. The average Bonchev–Trinajstić information content (AvgIpc) is 2.38. The number of nitrogens with zero attached hydrogens (tertiary/aromatic N) is 3. The number of rotatable bonds is 6. The molecule has 0 saturated heterocycles. The van der Waals surface area contributed by atoms with Crippen molar-refractivity contribution in [2.75, 3.05) is 45.3 Å². The van der Waals surface area contributed by atoms with Crippen molar-refractivity contribution in [3.8, 4) is 0 Å². The summed E-state index contributed by atoms with van der Waals surface area (Å²) in [6.07, 6.45) is 1.50. The van der Waals surface area contributed by atoms with E-state index in [9.17, 15) is 4.79 Å². The maximum absolute atomic E-state index is 11.7. The third-order valence-electron chi connectivity index (χ3n) is 2.46. The molecule has 0 radical (unpaired) electrons. The Morgan fingerprint density at radius 3 is 2.22 bits per heavy atom. The molecule has 0 aliphatic heterocycles. The number of carbonyl (C=O) groups excluding carboxylic acids is 1. The predicted molar refractivity (Wildman–Crippen MR) is 68.6 cm³/mol. The van der Waals surface area contributed by atoms with Gasteiger partial charge in [0.15, 0.2) is 0 Å². The molecule has 0 atom stereocenters. The minimum Gasteiger partial charge on any atom is -0.395 e. The second-order valence-electron chi connectivity index (χ2n) is 4.04. The predicted octanol–water partition coefficient (Wildman–Crippen LogP) is -0.426. The van der Waals surface area contributed by atoms with Crippen molar-refractivity contribution < 1.29 is 15.0 Å². The van der Waals surface area contributed by atoms with E-state index in [2.05, 4.69) is 4.98 Å². The third kappa shape index (κ3) is 3.68. The smallest absolute Gasteiger partial charge is 0.254 e. The molecule has 0 unspecified atom stereocenters. The summed E-state index contributed by atoms with van der Waals surface area (Å²) in [5.41, 5.74) is 0.511. The minimum atomic E-state index is -0.107. The Balaban J connectivity index is 2.83. The van der Waals surface area contributed by atoms with Crippen molar-refractivity contribution in [1.82, 2.24) is 9.88 Å². The first-order chi connectivity index (χ1) is 8.60. The Kier molecular flexibility index (Phi) is 5.54. The van der Waals surface area contributed by atoms with Crippen molar-refractivity contribution in [3.63, 3.8) is 0 Å². The molecule has 0 aliphatic carbocycles. The van der Waals surface area contributed by atoms with Crippen LogP contribution in [0.15, 0.2) is 18.3 Å². The summed E-state index contributed by atoms with van der Waals surface area (Å²) in [5, 5.41) is 17.9. The Labute approximate surface area is 106 Å². The molecule has 1 heterocycles. The van der Waals surface area contributed by atoms with Gasteiger partial charge >= 0.3 is 0 Å². The van der Waals surface area contributed by atoms with Crippen molar-refractivity contribution >= 4 is 11.7 Å². The first kappa shape index (κ1) is 14.4. The zero-order valence-corrected chi connectivity index (χ0v) is 10.7. The van der Waals surface area contributed by atoms with Crippen LogP contribution in [0, 0.1) is 0 Å². The fourth-order valence-electron chi connectivity index (χ4n) is 1.54. The van der Waals surface area contributed by atoms with Crippen LogP contribution in [-0.4, -0.2) is 66.4 Å². The Morgan fingerprint density at radius 2 is 1.83 bits per heavy atom. The van der Waals surface area contributed by atoms with Gasteiger partial charge in [0, 0.05) is 33.4 Å². The maximum atomic E-state index is 11.7. The van der Waals surface area contributed by atoms with Crippen LogP contribution in [0.5, 0.6) is 0 Å². The van der Waals surface area contributed by atoms with E-state index in [4.69, 9.17) is 10.2 Å². The highest BCUT2D eigenvalue weighted by molar-refractivity contribution is 5.93. The number of aliphatic hydroxyl groups excluding tert-OH is 2. The Bertz CT molecular complexity index is 373. The molecule has 6 nitrogen and oxygen atoms in total. The molecule has 18 heavy (non-hydrogen) atoms. The van der Waals surface area contributed by atoms with Gasteiger partial charge < -0.3 is 20.0 Å². The van der Waals surface area contributed by atoms with Crippen molar-refractivity contribution in [2.24, 2.45) is 0 Å². The molecule has 1 amide bonds. The number of amides is 1. The summed E-state index contributed by atoms with van der Waals surface area (Å²) in [6.45, 7) is 0.767. The molecule has 1 aromatic heterocycles. The summed E-state index contributed by atoms with van der Waals surface area (Å²) in [5.74, 6) is 0.526. The zero-order valence-electron chi connectivity index (χ0n) is 10.7. The fourth-order valence-corrected chi connectivity index (χ4v) is 1.54. The van der Waals surface area contributed by atoms with Gasteiger partial charge in [0.25, 0.3) is 5.91 Å². The number of carbonyl (C=O) groups is 1. The van der Waals surface area contributed by atoms with Crippen molar-refractivity contribution in [3.05, 3.63) is 23.9 Å². The number of anilines is 1. The standard InChI is InChI=1S/C12H19N3O3/c1-14(2)12(18)10-3-4-11(13-9-10)15(5-7-16)6-8-17/h3-4,9,16-17H,5-8H2,1-2H3. The highest BCUT2D eigenvalue weighted by atomic mass is 16.3. The van der Waals surface area contributed by atoms with Gasteiger partial charge in [-0.05, 0) is 12.1 Å². The third-order valence-corrected chi connectivity index (χ3v) is 2.46. The van der Waals surface area contributed by atoms with E-state index >= 15 is 0 Å². The lowest BCUT2D eigenvalue weighted by Gasteiger charge is -2.21. The quantitative estimate of drug-likeness (QED) is 0.719. The van der Waals surface area contributed by atoms with Crippen LogP contribution in [0.2, 0.25) is 0 Å². The first-order valence-electron chi connectivity index (χ1n) is 5.74. The molecule has 1 rings (SSSR count). The lowest BCUT2D eigenvalue weighted by atomic mass is 10.2. The molecule has 0 spiro atoms. The molecule has 0 aliphatic rings. The van der Waals surface area contributed by atoms with E-state index in [1.165, 1.54) is 11.1 Å². The Hall–Kier alpha value is -1.66. The lowest BCUT2D eigenvalue weighted by molar-refractivity contribution is 0.0827. The van der Waals surface area contributed by atoms with Crippen LogP contribution < -0.4 is 4.90 Å². The van der Waals surface area contributed by atoms with Gasteiger partial charge in [-0.15, -0.1) is 0 Å². The first-order valence-corrected chi connectivity index (χ1v) is 5.74. The molecular formula is C12H19N3O3. The summed E-state index contributed by atoms with van der Waals surface area (Å²) in [7, 11) is 3.36. The van der Waals surface area contributed by atoms with Gasteiger partial charge in [0.05, 0.1) is 18.8 Å². The number of aromatic nitrogens is 1. The van der Waals surface area contributed by atoms with E-state index in [1.807, 2.05) is 0 Å². The van der Waals surface area contributed by atoms with Gasteiger partial charge in [-0.1, -0.05) is 0 Å². The molecule has 0 bridgehead atoms. The van der Waals surface area contributed by atoms with Crippen LogP contribution >= 0.6 is 0 Å². The van der Waals surface area contributed by atoms with E-state index in [0.29, 0.717) is 24.5 Å². The molecule has 100 valence electrons. The van der Waals surface area contributed by atoms with Gasteiger partial charge in [0.2, 0.25) is 0 Å². The van der Waals surface area contributed by atoms with E-state index in [1.54, 1.807) is 31.1 Å². The topological polar surface area (TPSA) is 76.9 Å². The van der Waals surface area contributed by atoms with Gasteiger partial charge in [-0.3, -0.25) is 4.79 Å². The molecule has 2 N–H and O–H groups in total. The average molecular weight is 253 g/mol. The molecule has 0 fully saturated rings. The van der Waals surface area contributed by atoms with Gasteiger partial charge in [-0.25, -0.2) is 4.98 Å². The fraction of sp³-hybridized carbons (Fsp3) is 0.500. The van der Waals surface area contributed by atoms with Crippen LogP contribution in [0.4, 0.5) is 5.82 Å². The number of pyridine rings is 1. The maximum Gasteiger partial charge on any atom is 0.254 e. The van der Waals surface area contributed by atoms with E-state index < -0.39 is 0 Å².